The molecule has 1 aliphatic heterocycles. The minimum atomic E-state index is -1.45. The van der Waals surface area contributed by atoms with Crippen molar-refractivity contribution in [3.8, 4) is 5.69 Å². The molecule has 2 aromatic heterocycles. The third kappa shape index (κ3) is 3.21. The first-order valence-electron chi connectivity index (χ1n) is 9.34. The van der Waals surface area contributed by atoms with Crippen LogP contribution in [-0.4, -0.2) is 39.8 Å². The molecule has 0 saturated carbocycles. The molecule has 1 fully saturated rings. The van der Waals surface area contributed by atoms with Gasteiger partial charge in [-0.15, -0.1) is 0 Å². The summed E-state index contributed by atoms with van der Waals surface area (Å²) in [6.45, 7) is 4.81. The standard InChI is InChI=1S/C21H20F2N4O3/c1-21(2)10-26(9-16(21)24)19-15(23)7-13-17(28)14(20(29)30)8-27(18(13)25-19)12-5-3-11(22)4-6-12/h3-8,16H,9-10,24H2,1-2H3,(H,29,30)/t16-/m1/s1. The van der Waals surface area contributed by atoms with Crippen LogP contribution in [0.4, 0.5) is 14.6 Å². The second kappa shape index (κ2) is 6.88. The van der Waals surface area contributed by atoms with E-state index in [1.165, 1.54) is 28.8 Å². The average Bonchev–Trinajstić information content (AvgIpc) is 2.95. The van der Waals surface area contributed by atoms with Gasteiger partial charge in [0.15, 0.2) is 17.3 Å². The molecular weight excluding hydrogens is 394 g/mol. The summed E-state index contributed by atoms with van der Waals surface area (Å²) in [5.74, 6) is -2.63. The second-order valence-corrected chi connectivity index (χ2v) is 8.16. The third-order valence-electron chi connectivity index (χ3n) is 5.57. The Balaban J connectivity index is 1.99. The molecular formula is C21H20F2N4O3. The summed E-state index contributed by atoms with van der Waals surface area (Å²) in [5, 5.41) is 9.24. The van der Waals surface area contributed by atoms with Crippen molar-refractivity contribution in [2.24, 2.45) is 11.1 Å². The fraction of sp³-hybridized carbons (Fsp3) is 0.286. The van der Waals surface area contributed by atoms with Gasteiger partial charge < -0.3 is 20.3 Å². The number of nitrogens with two attached hydrogens (primary N) is 1. The molecule has 1 aliphatic rings. The van der Waals surface area contributed by atoms with Crippen molar-refractivity contribution in [2.45, 2.75) is 19.9 Å². The Bertz CT molecular complexity index is 1220. The number of carbonyl (C=O) groups is 1. The summed E-state index contributed by atoms with van der Waals surface area (Å²) in [6.07, 6.45) is 1.12. The molecule has 0 amide bonds. The van der Waals surface area contributed by atoms with E-state index >= 15 is 0 Å². The van der Waals surface area contributed by atoms with E-state index in [0.717, 1.165) is 12.3 Å². The molecule has 3 heterocycles. The van der Waals surface area contributed by atoms with Crippen LogP contribution in [0.2, 0.25) is 0 Å². The molecule has 3 aromatic rings. The van der Waals surface area contributed by atoms with Gasteiger partial charge in [-0.1, -0.05) is 13.8 Å². The Morgan fingerprint density at radius 3 is 2.50 bits per heavy atom. The van der Waals surface area contributed by atoms with Gasteiger partial charge in [0.1, 0.15) is 11.4 Å². The Hall–Kier alpha value is -3.33. The number of hydrogen-bond acceptors (Lipinski definition) is 5. The molecule has 30 heavy (non-hydrogen) atoms. The highest BCUT2D eigenvalue weighted by atomic mass is 19.1. The quantitative estimate of drug-likeness (QED) is 0.683. The first kappa shape index (κ1) is 20.0. The maximum atomic E-state index is 15.0. The zero-order valence-electron chi connectivity index (χ0n) is 16.4. The number of benzene rings is 1. The predicted octanol–water partition coefficient (Wildman–Crippen LogP) is 2.54. The summed E-state index contributed by atoms with van der Waals surface area (Å²) >= 11 is 0. The summed E-state index contributed by atoms with van der Waals surface area (Å²) in [4.78, 5) is 30.3. The molecule has 7 nitrogen and oxygen atoms in total. The van der Waals surface area contributed by atoms with Crippen LogP contribution in [0.1, 0.15) is 24.2 Å². The molecule has 0 radical (unpaired) electrons. The molecule has 4 rings (SSSR count). The molecule has 3 N–H and O–H groups in total. The Morgan fingerprint density at radius 2 is 1.93 bits per heavy atom. The summed E-state index contributed by atoms with van der Waals surface area (Å²) < 4.78 is 29.7. The van der Waals surface area contributed by atoms with Crippen LogP contribution < -0.4 is 16.1 Å². The number of pyridine rings is 2. The van der Waals surface area contributed by atoms with Crippen LogP contribution in [0.15, 0.2) is 41.3 Å². The van der Waals surface area contributed by atoms with Crippen molar-refractivity contribution >= 4 is 22.8 Å². The summed E-state index contributed by atoms with van der Waals surface area (Å²) in [6, 6.07) is 6.05. The monoisotopic (exact) mass is 414 g/mol. The van der Waals surface area contributed by atoms with Crippen molar-refractivity contribution < 1.29 is 18.7 Å². The van der Waals surface area contributed by atoms with Gasteiger partial charge in [-0.05, 0) is 35.7 Å². The van der Waals surface area contributed by atoms with Gasteiger partial charge in [0, 0.05) is 31.0 Å². The van der Waals surface area contributed by atoms with Crippen LogP contribution in [0.25, 0.3) is 16.7 Å². The van der Waals surface area contributed by atoms with Gasteiger partial charge in [-0.3, -0.25) is 4.79 Å². The minimum absolute atomic E-state index is 0.0295. The minimum Gasteiger partial charge on any atom is -0.477 e. The number of carboxylic acid groups (broad SMARTS) is 1. The van der Waals surface area contributed by atoms with Crippen LogP contribution >= 0.6 is 0 Å². The van der Waals surface area contributed by atoms with Gasteiger partial charge in [0.05, 0.1) is 5.39 Å². The predicted molar refractivity (Wildman–Crippen MR) is 108 cm³/mol. The lowest BCUT2D eigenvalue weighted by atomic mass is 9.89. The van der Waals surface area contributed by atoms with Gasteiger partial charge >= 0.3 is 5.97 Å². The number of aromatic nitrogens is 2. The van der Waals surface area contributed by atoms with E-state index in [0.29, 0.717) is 18.8 Å². The molecule has 9 heteroatoms. The largest absolute Gasteiger partial charge is 0.477 e. The van der Waals surface area contributed by atoms with Crippen molar-refractivity contribution in [1.82, 2.24) is 9.55 Å². The van der Waals surface area contributed by atoms with E-state index in [9.17, 15) is 23.5 Å². The number of hydrogen-bond donors (Lipinski definition) is 2. The number of halogens is 2. The van der Waals surface area contributed by atoms with Crippen LogP contribution in [0.3, 0.4) is 0 Å². The lowest BCUT2D eigenvalue weighted by Crippen LogP contribution is -2.35. The summed E-state index contributed by atoms with van der Waals surface area (Å²) in [5.41, 5.74) is 4.99. The average molecular weight is 414 g/mol. The number of anilines is 1. The molecule has 156 valence electrons. The molecule has 1 aromatic carbocycles. The van der Waals surface area contributed by atoms with E-state index in [4.69, 9.17) is 5.73 Å². The molecule has 0 unspecified atom stereocenters. The molecule has 1 atom stereocenters. The fourth-order valence-corrected chi connectivity index (χ4v) is 3.71. The van der Waals surface area contributed by atoms with E-state index in [1.54, 1.807) is 4.90 Å². The van der Waals surface area contributed by atoms with Gasteiger partial charge in [-0.2, -0.15) is 0 Å². The number of rotatable bonds is 3. The number of fused-ring (bicyclic) bond motifs is 1. The van der Waals surface area contributed by atoms with Crippen LogP contribution in [0, 0.1) is 17.0 Å². The van der Waals surface area contributed by atoms with Crippen molar-refractivity contribution in [2.75, 3.05) is 18.0 Å². The lowest BCUT2D eigenvalue weighted by Gasteiger charge is -2.22. The van der Waals surface area contributed by atoms with Gasteiger partial charge in [0.2, 0.25) is 5.43 Å². The van der Waals surface area contributed by atoms with Crippen molar-refractivity contribution in [3.05, 3.63) is 63.9 Å². The highest BCUT2D eigenvalue weighted by Crippen LogP contribution is 2.33. The van der Waals surface area contributed by atoms with Crippen LogP contribution in [-0.2, 0) is 0 Å². The molecule has 1 saturated heterocycles. The fourth-order valence-electron chi connectivity index (χ4n) is 3.71. The molecule has 0 bridgehead atoms. The topological polar surface area (TPSA) is 101 Å². The molecule has 0 aliphatic carbocycles. The van der Waals surface area contributed by atoms with Gasteiger partial charge in [-0.25, -0.2) is 18.6 Å². The van der Waals surface area contributed by atoms with E-state index in [2.05, 4.69) is 4.98 Å². The van der Waals surface area contributed by atoms with E-state index < -0.39 is 28.6 Å². The first-order valence-corrected chi connectivity index (χ1v) is 9.34. The Kier molecular flexibility index (Phi) is 4.58. The SMILES string of the molecule is CC1(C)CN(c2nc3c(cc2F)c(=O)c(C(=O)O)cn3-c2ccc(F)cc2)C[C@H]1N. The number of carboxylic acids is 1. The zero-order chi connectivity index (χ0) is 21.8. The van der Waals surface area contributed by atoms with Crippen molar-refractivity contribution in [1.29, 1.82) is 0 Å². The van der Waals surface area contributed by atoms with E-state index in [1.807, 2.05) is 13.8 Å². The highest BCUT2D eigenvalue weighted by molar-refractivity contribution is 5.92. The lowest BCUT2D eigenvalue weighted by molar-refractivity contribution is 0.0695. The van der Waals surface area contributed by atoms with Gasteiger partial charge in [0.25, 0.3) is 0 Å². The molecule has 0 spiro atoms. The Morgan fingerprint density at radius 1 is 1.27 bits per heavy atom. The second-order valence-electron chi connectivity index (χ2n) is 8.16. The first-order chi connectivity index (χ1) is 14.1. The number of nitrogens with zero attached hydrogens (tertiary/aromatic N) is 3. The third-order valence-corrected chi connectivity index (χ3v) is 5.57. The smallest absolute Gasteiger partial charge is 0.341 e. The normalized spacial score (nSPS) is 18.2. The van der Waals surface area contributed by atoms with Crippen LogP contribution in [0.5, 0.6) is 0 Å². The summed E-state index contributed by atoms with van der Waals surface area (Å²) in [7, 11) is 0. The zero-order valence-corrected chi connectivity index (χ0v) is 16.4. The highest BCUT2D eigenvalue weighted by Gasteiger charge is 2.38. The Labute approximate surface area is 170 Å². The van der Waals surface area contributed by atoms with Crippen molar-refractivity contribution in [3.63, 3.8) is 0 Å². The maximum absolute atomic E-state index is 15.0. The maximum Gasteiger partial charge on any atom is 0.341 e. The van der Waals surface area contributed by atoms with E-state index in [-0.39, 0.29) is 28.3 Å². The number of aromatic carboxylic acids is 1.